The van der Waals surface area contributed by atoms with Crippen LogP contribution in [0.2, 0.25) is 18.1 Å². The zero-order valence-electron chi connectivity index (χ0n) is 18.2. The third kappa shape index (κ3) is 3.79. The molecule has 0 fully saturated rings. The van der Waals surface area contributed by atoms with Crippen LogP contribution in [-0.4, -0.2) is 32.7 Å². The Bertz CT molecular complexity index is 996. The maximum Gasteiger partial charge on any atom is 0.231 e. The van der Waals surface area contributed by atoms with Crippen LogP contribution in [0.3, 0.4) is 0 Å². The van der Waals surface area contributed by atoms with Crippen LogP contribution in [-0.2, 0) is 15.6 Å². The van der Waals surface area contributed by atoms with Crippen molar-refractivity contribution in [2.75, 3.05) is 13.3 Å². The van der Waals surface area contributed by atoms with Crippen molar-refractivity contribution in [3.8, 4) is 28.4 Å². The van der Waals surface area contributed by atoms with Crippen molar-refractivity contribution in [3.05, 3.63) is 41.5 Å². The zero-order chi connectivity index (χ0) is 21.7. The minimum Gasteiger partial charge on any atom is -0.508 e. The second-order valence-electron chi connectivity index (χ2n) is 9.48. The fourth-order valence-electron chi connectivity index (χ4n) is 3.62. The molecule has 0 spiro atoms. The Morgan fingerprint density at radius 1 is 1.10 bits per heavy atom. The third-order valence-corrected chi connectivity index (χ3v) is 10.8. The van der Waals surface area contributed by atoms with Gasteiger partial charge in [-0.05, 0) is 64.7 Å². The van der Waals surface area contributed by atoms with E-state index in [1.807, 2.05) is 12.1 Å². The Labute approximate surface area is 178 Å². The van der Waals surface area contributed by atoms with Crippen molar-refractivity contribution < 1.29 is 23.8 Å². The highest BCUT2D eigenvalue weighted by Gasteiger charge is 2.40. The van der Waals surface area contributed by atoms with E-state index in [2.05, 4.69) is 39.2 Å². The average Bonchev–Trinajstić information content (AvgIpc) is 3.12. The molecular weight excluding hydrogens is 398 g/mol. The first-order valence-corrected chi connectivity index (χ1v) is 13.2. The maximum atomic E-state index is 12.6. The first-order chi connectivity index (χ1) is 14.0. The fraction of sp³-hybridized carbons (Fsp3) is 0.435. The predicted octanol–water partition coefficient (Wildman–Crippen LogP) is 4.52. The van der Waals surface area contributed by atoms with Gasteiger partial charge in [-0.15, -0.1) is 0 Å². The van der Waals surface area contributed by atoms with Gasteiger partial charge in [-0.3, -0.25) is 4.79 Å². The summed E-state index contributed by atoms with van der Waals surface area (Å²) in [6.07, 6.45) is -0.108. The number of phenolic OH excluding ortho intramolecular Hbond substituents is 1. The second-order valence-corrected chi connectivity index (χ2v) is 14.2. The first-order valence-electron chi connectivity index (χ1n) is 10.3. The van der Waals surface area contributed by atoms with Crippen LogP contribution >= 0.6 is 0 Å². The molecule has 30 heavy (non-hydrogen) atoms. The molecule has 160 valence electrons. The molecule has 1 amide bonds. The van der Waals surface area contributed by atoms with Crippen molar-refractivity contribution in [1.82, 2.24) is 5.32 Å². The summed E-state index contributed by atoms with van der Waals surface area (Å²) in [5.41, 5.74) is 3.48. The van der Waals surface area contributed by atoms with Crippen molar-refractivity contribution in [2.24, 2.45) is 0 Å². The van der Waals surface area contributed by atoms with Crippen LogP contribution in [0.25, 0.3) is 11.1 Å². The molecule has 0 bridgehead atoms. The largest absolute Gasteiger partial charge is 0.508 e. The molecule has 2 aliphatic rings. The van der Waals surface area contributed by atoms with Crippen LogP contribution in [0, 0.1) is 0 Å². The number of carbonyl (C=O) groups excluding carboxylic acids is 1. The summed E-state index contributed by atoms with van der Waals surface area (Å²) in [7, 11) is -2.14. The Balaban J connectivity index is 1.91. The van der Waals surface area contributed by atoms with Gasteiger partial charge in [-0.25, -0.2) is 0 Å². The minimum atomic E-state index is -2.14. The van der Waals surface area contributed by atoms with Gasteiger partial charge in [0.25, 0.3) is 0 Å². The Kier molecular flexibility index (Phi) is 5.06. The van der Waals surface area contributed by atoms with E-state index in [1.165, 1.54) is 0 Å². The number of benzene rings is 2. The lowest BCUT2D eigenvalue weighted by molar-refractivity contribution is -0.120. The summed E-state index contributed by atoms with van der Waals surface area (Å²) in [6, 6.07) is 9.01. The number of rotatable bonds is 2. The first kappa shape index (κ1) is 20.7. The molecule has 1 atom stereocenters. The maximum absolute atomic E-state index is 12.6. The van der Waals surface area contributed by atoms with Crippen LogP contribution < -0.4 is 14.8 Å². The molecule has 6 nitrogen and oxygen atoms in total. The van der Waals surface area contributed by atoms with Crippen molar-refractivity contribution in [1.29, 1.82) is 0 Å². The number of phenols is 1. The molecule has 4 rings (SSSR count). The topological polar surface area (TPSA) is 77.0 Å². The molecule has 2 aromatic carbocycles. The lowest BCUT2D eigenvalue weighted by atomic mass is 9.91. The average molecular weight is 428 g/mol. The van der Waals surface area contributed by atoms with E-state index in [-0.39, 0.29) is 36.0 Å². The molecule has 0 radical (unpaired) electrons. The van der Waals surface area contributed by atoms with Crippen LogP contribution in [0.5, 0.6) is 17.2 Å². The summed E-state index contributed by atoms with van der Waals surface area (Å²) in [4.78, 5) is 12.6. The molecule has 2 aliphatic heterocycles. The molecule has 7 heteroatoms. The summed E-state index contributed by atoms with van der Waals surface area (Å²) in [5, 5.41) is 13.2. The molecule has 0 unspecified atom stereocenters. The van der Waals surface area contributed by atoms with Gasteiger partial charge in [0.2, 0.25) is 12.7 Å². The van der Waals surface area contributed by atoms with E-state index in [0.29, 0.717) is 18.0 Å². The van der Waals surface area contributed by atoms with Crippen LogP contribution in [0.15, 0.2) is 30.3 Å². The number of aromatic hydroxyl groups is 1. The van der Waals surface area contributed by atoms with Crippen LogP contribution in [0.1, 0.15) is 38.0 Å². The third-order valence-electron chi connectivity index (χ3n) is 6.35. The number of nitrogens with one attached hydrogen (secondary N) is 1. The van der Waals surface area contributed by atoms with Crippen molar-refractivity contribution >= 4 is 14.2 Å². The number of hydrogen-bond acceptors (Lipinski definition) is 5. The Hall–Kier alpha value is -2.51. The van der Waals surface area contributed by atoms with E-state index in [0.717, 1.165) is 22.3 Å². The van der Waals surface area contributed by atoms with E-state index >= 15 is 0 Å². The monoisotopic (exact) mass is 427 g/mol. The van der Waals surface area contributed by atoms with E-state index < -0.39 is 8.32 Å². The summed E-state index contributed by atoms with van der Waals surface area (Å²) in [6.45, 7) is 11.5. The van der Waals surface area contributed by atoms with Crippen LogP contribution in [0.4, 0.5) is 0 Å². The number of hydrogen-bond donors (Lipinski definition) is 2. The molecule has 0 aromatic heterocycles. The highest BCUT2D eigenvalue weighted by molar-refractivity contribution is 6.74. The van der Waals surface area contributed by atoms with E-state index in [9.17, 15) is 9.90 Å². The minimum absolute atomic E-state index is 0.0160. The molecule has 0 saturated carbocycles. The van der Waals surface area contributed by atoms with Gasteiger partial charge in [-0.1, -0.05) is 26.8 Å². The standard InChI is InChI=1S/C23H29NO5Si/c1-23(2,3)30(4,5)29-21-12-24-22(26)8-14-6-7-15(25)9-16(14)17-10-19-20(11-18(17)21)28-13-27-19/h6-7,9-11,21,25H,8,12-13H2,1-5H3,(H,24,26)/t21-/m1/s1. The molecule has 0 saturated heterocycles. The molecule has 2 N–H and O–H groups in total. The van der Waals surface area contributed by atoms with Gasteiger partial charge in [-0.2, -0.15) is 0 Å². The lowest BCUT2D eigenvalue weighted by Gasteiger charge is -2.39. The predicted molar refractivity (Wildman–Crippen MR) is 117 cm³/mol. The van der Waals surface area contributed by atoms with Crippen molar-refractivity contribution in [2.45, 2.75) is 51.4 Å². The van der Waals surface area contributed by atoms with E-state index in [4.69, 9.17) is 13.9 Å². The Morgan fingerprint density at radius 2 is 1.80 bits per heavy atom. The van der Waals surface area contributed by atoms with Gasteiger partial charge >= 0.3 is 0 Å². The molecule has 0 aliphatic carbocycles. The van der Waals surface area contributed by atoms with Gasteiger partial charge in [0.05, 0.1) is 12.5 Å². The summed E-state index contributed by atoms with van der Waals surface area (Å²) in [5.74, 6) is 1.41. The number of fused-ring (bicyclic) bond motifs is 4. The Morgan fingerprint density at radius 3 is 2.50 bits per heavy atom. The summed E-state index contributed by atoms with van der Waals surface area (Å²) < 4.78 is 18.0. The van der Waals surface area contributed by atoms with Gasteiger partial charge in [0.1, 0.15) is 5.75 Å². The molecular formula is C23H29NO5Si. The highest BCUT2D eigenvalue weighted by atomic mass is 28.4. The SMILES string of the molecule is CC(C)(C)[Si](C)(C)O[C@@H]1CNC(=O)Cc2ccc(O)cc2-c2cc3c(cc21)OCO3. The number of amides is 1. The smallest absolute Gasteiger partial charge is 0.231 e. The van der Waals surface area contributed by atoms with Crippen molar-refractivity contribution in [3.63, 3.8) is 0 Å². The fourth-order valence-corrected chi connectivity index (χ4v) is 4.89. The number of ether oxygens (including phenoxy) is 2. The van der Waals surface area contributed by atoms with Gasteiger partial charge in [0, 0.05) is 6.54 Å². The molecule has 2 heterocycles. The second kappa shape index (κ2) is 7.32. The van der Waals surface area contributed by atoms with Gasteiger partial charge in [0.15, 0.2) is 19.8 Å². The quantitative estimate of drug-likeness (QED) is 0.689. The normalized spacial score (nSPS) is 18.6. The zero-order valence-corrected chi connectivity index (χ0v) is 19.2. The number of carbonyl (C=O) groups is 1. The lowest BCUT2D eigenvalue weighted by Crippen LogP contribution is -2.44. The van der Waals surface area contributed by atoms with E-state index in [1.54, 1.807) is 18.2 Å². The highest BCUT2D eigenvalue weighted by Crippen LogP contribution is 2.46. The summed E-state index contributed by atoms with van der Waals surface area (Å²) >= 11 is 0. The molecule has 2 aromatic rings. The van der Waals surface area contributed by atoms with Gasteiger partial charge < -0.3 is 24.3 Å².